The van der Waals surface area contributed by atoms with Crippen molar-refractivity contribution in [2.24, 2.45) is 0 Å². The Kier molecular flexibility index (Phi) is 5.24. The molecule has 8 heteroatoms. The summed E-state index contributed by atoms with van der Waals surface area (Å²) in [6.45, 7) is 4.95. The molecule has 0 saturated carbocycles. The minimum absolute atomic E-state index is 0.0129. The van der Waals surface area contributed by atoms with Crippen molar-refractivity contribution in [1.29, 1.82) is 0 Å². The van der Waals surface area contributed by atoms with Crippen LogP contribution in [0.1, 0.15) is 13.8 Å². The zero-order valence-electron chi connectivity index (χ0n) is 11.9. The van der Waals surface area contributed by atoms with E-state index in [1.165, 1.54) is 17.0 Å². The lowest BCUT2D eigenvalue weighted by atomic mass is 10.3. The number of anilines is 2. The molecule has 0 aromatic carbocycles. The molecule has 1 heterocycles. The van der Waals surface area contributed by atoms with Gasteiger partial charge in [-0.25, -0.2) is 4.98 Å². The molecule has 0 unspecified atom stereocenters. The first-order chi connectivity index (χ1) is 9.40. The van der Waals surface area contributed by atoms with Gasteiger partial charge < -0.3 is 15.5 Å². The van der Waals surface area contributed by atoms with E-state index in [2.05, 4.69) is 4.98 Å². The Morgan fingerprint density at radius 1 is 1.40 bits per heavy atom. The van der Waals surface area contributed by atoms with Crippen LogP contribution in [0.3, 0.4) is 0 Å². The van der Waals surface area contributed by atoms with Crippen molar-refractivity contribution in [3.8, 4) is 0 Å². The van der Waals surface area contributed by atoms with E-state index in [1.807, 2.05) is 13.8 Å². The van der Waals surface area contributed by atoms with Gasteiger partial charge in [0.25, 0.3) is 0 Å². The van der Waals surface area contributed by atoms with Gasteiger partial charge in [0, 0.05) is 26.2 Å². The lowest BCUT2D eigenvalue weighted by Crippen LogP contribution is -2.39. The van der Waals surface area contributed by atoms with E-state index < -0.39 is 4.92 Å². The molecule has 1 amide bonds. The topological polar surface area (TPSA) is 106 Å². The molecule has 0 aliphatic carbocycles. The molecule has 8 nitrogen and oxygen atoms in total. The number of carbonyl (C=O) groups excluding carboxylic acids is 1. The predicted octanol–water partition coefficient (Wildman–Crippen LogP) is 0.877. The minimum atomic E-state index is -0.542. The molecule has 2 N–H and O–H groups in total. The Morgan fingerprint density at radius 3 is 2.50 bits per heavy atom. The standard InChI is InChI=1S/C12H19N5O3/c1-4-16(5-2)11(18)8-15(3)12-9(17(19)20)6-7-10(13)14-12/h6-7H,4-5,8H2,1-3H3,(H2,13,14). The average molecular weight is 281 g/mol. The van der Waals surface area contributed by atoms with E-state index in [0.717, 1.165) is 0 Å². The molecule has 0 fully saturated rings. The molecule has 1 aromatic rings. The third-order valence-corrected chi connectivity index (χ3v) is 2.92. The summed E-state index contributed by atoms with van der Waals surface area (Å²) >= 11 is 0. The average Bonchev–Trinajstić information content (AvgIpc) is 2.39. The lowest BCUT2D eigenvalue weighted by Gasteiger charge is -2.23. The number of likely N-dealkylation sites (N-methyl/N-ethyl adjacent to an activating group) is 2. The molecule has 110 valence electrons. The molecular formula is C12H19N5O3. The van der Waals surface area contributed by atoms with Crippen LogP contribution in [0.2, 0.25) is 0 Å². The normalized spacial score (nSPS) is 10.2. The number of nitrogens with zero attached hydrogens (tertiary/aromatic N) is 4. The Labute approximate surface area is 117 Å². The number of nitro groups is 1. The Balaban J connectivity index is 2.97. The molecule has 0 bridgehead atoms. The summed E-state index contributed by atoms with van der Waals surface area (Å²) in [6.07, 6.45) is 0. The first-order valence-electron chi connectivity index (χ1n) is 6.30. The largest absolute Gasteiger partial charge is 0.384 e. The van der Waals surface area contributed by atoms with Crippen molar-refractivity contribution in [2.45, 2.75) is 13.8 Å². The Morgan fingerprint density at radius 2 is 2.00 bits per heavy atom. The summed E-state index contributed by atoms with van der Waals surface area (Å²) in [5, 5.41) is 11.0. The summed E-state index contributed by atoms with van der Waals surface area (Å²) in [7, 11) is 1.58. The lowest BCUT2D eigenvalue weighted by molar-refractivity contribution is -0.384. The van der Waals surface area contributed by atoms with Gasteiger partial charge in [0.1, 0.15) is 5.82 Å². The first kappa shape index (κ1) is 15.7. The number of amides is 1. The van der Waals surface area contributed by atoms with Gasteiger partial charge in [-0.2, -0.15) is 0 Å². The van der Waals surface area contributed by atoms with Crippen LogP contribution >= 0.6 is 0 Å². The van der Waals surface area contributed by atoms with Gasteiger partial charge in [0.05, 0.1) is 11.5 Å². The van der Waals surface area contributed by atoms with Crippen LogP contribution in [-0.2, 0) is 4.79 Å². The van der Waals surface area contributed by atoms with Crippen molar-refractivity contribution >= 4 is 23.2 Å². The van der Waals surface area contributed by atoms with Crippen molar-refractivity contribution in [1.82, 2.24) is 9.88 Å². The highest BCUT2D eigenvalue weighted by atomic mass is 16.6. The second-order valence-electron chi connectivity index (χ2n) is 4.26. The van der Waals surface area contributed by atoms with Gasteiger partial charge in [-0.1, -0.05) is 0 Å². The van der Waals surface area contributed by atoms with E-state index in [9.17, 15) is 14.9 Å². The van der Waals surface area contributed by atoms with Gasteiger partial charge in [0.2, 0.25) is 11.7 Å². The summed E-state index contributed by atoms with van der Waals surface area (Å²) in [6, 6.07) is 2.65. The zero-order valence-corrected chi connectivity index (χ0v) is 11.9. The van der Waals surface area contributed by atoms with Crippen LogP contribution < -0.4 is 10.6 Å². The van der Waals surface area contributed by atoms with Gasteiger partial charge in [0.15, 0.2) is 0 Å². The fourth-order valence-electron chi connectivity index (χ4n) is 1.83. The third kappa shape index (κ3) is 3.56. The summed E-state index contributed by atoms with van der Waals surface area (Å²) in [5.41, 5.74) is 5.38. The van der Waals surface area contributed by atoms with Crippen LogP contribution in [0.5, 0.6) is 0 Å². The smallest absolute Gasteiger partial charge is 0.311 e. The van der Waals surface area contributed by atoms with E-state index in [1.54, 1.807) is 11.9 Å². The molecule has 1 aromatic heterocycles. The predicted molar refractivity (Wildman–Crippen MR) is 76.5 cm³/mol. The summed E-state index contributed by atoms with van der Waals surface area (Å²) in [4.78, 5) is 29.5. The summed E-state index contributed by atoms with van der Waals surface area (Å²) in [5.74, 6) is 0.152. The van der Waals surface area contributed by atoms with Crippen molar-refractivity contribution in [2.75, 3.05) is 37.3 Å². The minimum Gasteiger partial charge on any atom is -0.384 e. The van der Waals surface area contributed by atoms with Gasteiger partial charge in [-0.3, -0.25) is 14.9 Å². The molecule has 20 heavy (non-hydrogen) atoms. The summed E-state index contributed by atoms with van der Waals surface area (Å²) < 4.78 is 0. The van der Waals surface area contributed by atoms with E-state index in [-0.39, 0.29) is 29.8 Å². The SMILES string of the molecule is CCN(CC)C(=O)CN(C)c1nc(N)ccc1[N+](=O)[O-]. The third-order valence-electron chi connectivity index (χ3n) is 2.92. The van der Waals surface area contributed by atoms with E-state index in [0.29, 0.717) is 13.1 Å². The highest BCUT2D eigenvalue weighted by molar-refractivity contribution is 5.82. The number of nitrogens with two attached hydrogens (primary N) is 1. The molecule has 0 spiro atoms. The molecule has 0 aliphatic heterocycles. The highest BCUT2D eigenvalue weighted by Crippen LogP contribution is 2.25. The van der Waals surface area contributed by atoms with Crippen molar-refractivity contribution < 1.29 is 9.72 Å². The van der Waals surface area contributed by atoms with Crippen molar-refractivity contribution in [3.63, 3.8) is 0 Å². The number of pyridine rings is 1. The number of aromatic nitrogens is 1. The number of nitrogen functional groups attached to an aromatic ring is 1. The van der Waals surface area contributed by atoms with Gasteiger partial charge >= 0.3 is 5.69 Å². The molecule has 1 rings (SSSR count). The molecular weight excluding hydrogens is 262 g/mol. The molecule has 0 saturated heterocycles. The number of carbonyl (C=O) groups is 1. The van der Waals surface area contributed by atoms with Crippen LogP contribution in [0.15, 0.2) is 12.1 Å². The maximum atomic E-state index is 12.0. The number of hydrogen-bond acceptors (Lipinski definition) is 6. The van der Waals surface area contributed by atoms with Crippen LogP contribution in [0.4, 0.5) is 17.3 Å². The zero-order chi connectivity index (χ0) is 15.3. The maximum Gasteiger partial charge on any atom is 0.311 e. The Hall–Kier alpha value is -2.38. The molecule has 0 aliphatic rings. The van der Waals surface area contributed by atoms with Gasteiger partial charge in [-0.05, 0) is 19.9 Å². The van der Waals surface area contributed by atoms with Crippen LogP contribution in [0, 0.1) is 10.1 Å². The van der Waals surface area contributed by atoms with Crippen molar-refractivity contribution in [3.05, 3.63) is 22.2 Å². The molecule has 0 radical (unpaired) electrons. The van der Waals surface area contributed by atoms with Crippen LogP contribution in [0.25, 0.3) is 0 Å². The van der Waals surface area contributed by atoms with Gasteiger partial charge in [-0.15, -0.1) is 0 Å². The second-order valence-corrected chi connectivity index (χ2v) is 4.26. The Bertz CT molecular complexity index is 502. The van der Waals surface area contributed by atoms with Crippen LogP contribution in [-0.4, -0.2) is 47.4 Å². The van der Waals surface area contributed by atoms with E-state index >= 15 is 0 Å². The second kappa shape index (κ2) is 6.69. The fourth-order valence-corrected chi connectivity index (χ4v) is 1.83. The monoisotopic (exact) mass is 281 g/mol. The number of rotatable bonds is 6. The quantitative estimate of drug-likeness (QED) is 0.612. The maximum absolute atomic E-state index is 12.0. The highest BCUT2D eigenvalue weighted by Gasteiger charge is 2.22. The first-order valence-corrected chi connectivity index (χ1v) is 6.30. The fraction of sp³-hybridized carbons (Fsp3) is 0.500. The van der Waals surface area contributed by atoms with E-state index in [4.69, 9.17) is 5.73 Å². The number of hydrogen-bond donors (Lipinski definition) is 1. The molecule has 0 atom stereocenters.